The van der Waals surface area contributed by atoms with E-state index in [1.54, 1.807) is 12.3 Å². The van der Waals surface area contributed by atoms with Gasteiger partial charge in [0.15, 0.2) is 0 Å². The Balaban J connectivity index is 1.97. The van der Waals surface area contributed by atoms with Crippen molar-refractivity contribution < 1.29 is 14.7 Å². The van der Waals surface area contributed by atoms with Crippen LogP contribution in [-0.2, 0) is 16.0 Å². The highest BCUT2D eigenvalue weighted by Gasteiger charge is 2.33. The molecule has 0 saturated heterocycles. The van der Waals surface area contributed by atoms with Crippen LogP contribution in [0.3, 0.4) is 0 Å². The van der Waals surface area contributed by atoms with Crippen LogP contribution in [-0.4, -0.2) is 44.7 Å². The molecular formula is C10H13N3O3. The third-order valence-electron chi connectivity index (χ3n) is 2.51. The predicted octanol–water partition coefficient (Wildman–Crippen LogP) is 0.0278. The number of carbonyl (C=O) groups is 2. The topological polar surface area (TPSA) is 86.3 Å². The first-order chi connectivity index (χ1) is 7.66. The Morgan fingerprint density at radius 1 is 1.56 bits per heavy atom. The van der Waals surface area contributed by atoms with Gasteiger partial charge < -0.3 is 10.0 Å². The van der Waals surface area contributed by atoms with E-state index < -0.39 is 5.97 Å². The molecule has 0 aromatic carbocycles. The molecule has 0 unspecified atom stereocenters. The van der Waals surface area contributed by atoms with Crippen LogP contribution >= 0.6 is 0 Å². The quantitative estimate of drug-likeness (QED) is 0.737. The summed E-state index contributed by atoms with van der Waals surface area (Å²) < 4.78 is 0. The van der Waals surface area contributed by atoms with Crippen LogP contribution in [0, 0.1) is 0 Å². The van der Waals surface area contributed by atoms with E-state index in [2.05, 4.69) is 10.2 Å². The SMILES string of the molecule is O=C(O)CN(C(=O)Cc1ccn[nH]1)C1CC1. The van der Waals surface area contributed by atoms with Crippen LogP contribution in [0.5, 0.6) is 0 Å². The number of H-pyrrole nitrogens is 1. The minimum atomic E-state index is -0.968. The Morgan fingerprint density at radius 3 is 2.81 bits per heavy atom. The molecule has 1 aliphatic carbocycles. The number of carboxylic acid groups (broad SMARTS) is 1. The van der Waals surface area contributed by atoms with Crippen molar-refractivity contribution in [1.29, 1.82) is 0 Å². The highest BCUT2D eigenvalue weighted by Crippen LogP contribution is 2.27. The molecule has 1 amide bonds. The van der Waals surface area contributed by atoms with E-state index in [9.17, 15) is 9.59 Å². The third kappa shape index (κ3) is 2.59. The first-order valence-corrected chi connectivity index (χ1v) is 5.16. The number of aromatic amines is 1. The average molecular weight is 223 g/mol. The zero-order chi connectivity index (χ0) is 11.5. The number of carboxylic acids is 1. The zero-order valence-corrected chi connectivity index (χ0v) is 8.72. The highest BCUT2D eigenvalue weighted by atomic mass is 16.4. The van der Waals surface area contributed by atoms with Crippen molar-refractivity contribution in [3.8, 4) is 0 Å². The standard InChI is InChI=1S/C10H13N3O3/c14-9(5-7-3-4-11-12-7)13(6-10(15)16)8-1-2-8/h3-4,8H,1-2,5-6H2,(H,11,12)(H,15,16). The first kappa shape index (κ1) is 10.7. The number of hydrogen-bond acceptors (Lipinski definition) is 3. The van der Waals surface area contributed by atoms with Gasteiger partial charge in [-0.2, -0.15) is 5.10 Å². The average Bonchev–Trinajstić information content (AvgIpc) is 2.94. The Hall–Kier alpha value is -1.85. The van der Waals surface area contributed by atoms with Gasteiger partial charge in [0.1, 0.15) is 6.54 Å². The lowest BCUT2D eigenvalue weighted by molar-refractivity contribution is -0.144. The number of aliphatic carboxylic acids is 1. The Morgan fingerprint density at radius 2 is 2.31 bits per heavy atom. The van der Waals surface area contributed by atoms with E-state index in [4.69, 9.17) is 5.11 Å². The molecule has 2 N–H and O–H groups in total. The number of aromatic nitrogens is 2. The monoisotopic (exact) mass is 223 g/mol. The third-order valence-corrected chi connectivity index (χ3v) is 2.51. The second kappa shape index (κ2) is 4.34. The van der Waals surface area contributed by atoms with E-state index in [0.717, 1.165) is 12.8 Å². The summed E-state index contributed by atoms with van der Waals surface area (Å²) in [5, 5.41) is 15.2. The lowest BCUT2D eigenvalue weighted by Gasteiger charge is -2.19. The molecular weight excluding hydrogens is 210 g/mol. The molecule has 0 radical (unpaired) electrons. The molecule has 16 heavy (non-hydrogen) atoms. The van der Waals surface area contributed by atoms with E-state index in [0.29, 0.717) is 5.69 Å². The van der Waals surface area contributed by atoms with Crippen molar-refractivity contribution in [2.24, 2.45) is 0 Å². The van der Waals surface area contributed by atoms with Gasteiger partial charge in [-0.15, -0.1) is 0 Å². The fourth-order valence-corrected chi connectivity index (χ4v) is 1.60. The number of rotatable bonds is 5. The lowest BCUT2D eigenvalue weighted by atomic mass is 10.2. The van der Waals surface area contributed by atoms with E-state index in [1.807, 2.05) is 0 Å². The molecule has 1 aromatic heterocycles. The second-order valence-corrected chi connectivity index (χ2v) is 3.91. The van der Waals surface area contributed by atoms with E-state index in [-0.39, 0.29) is 24.9 Å². The summed E-state index contributed by atoms with van der Waals surface area (Å²) in [5.74, 6) is -1.13. The molecule has 0 bridgehead atoms. The summed E-state index contributed by atoms with van der Waals surface area (Å²) in [7, 11) is 0. The molecule has 0 atom stereocenters. The Kier molecular flexibility index (Phi) is 2.89. The molecule has 86 valence electrons. The first-order valence-electron chi connectivity index (χ1n) is 5.16. The number of carbonyl (C=O) groups excluding carboxylic acids is 1. The molecule has 0 spiro atoms. The largest absolute Gasteiger partial charge is 0.480 e. The minimum Gasteiger partial charge on any atom is -0.480 e. The van der Waals surface area contributed by atoms with Crippen LogP contribution in [0.1, 0.15) is 18.5 Å². The van der Waals surface area contributed by atoms with Crippen molar-refractivity contribution in [2.45, 2.75) is 25.3 Å². The molecule has 1 fully saturated rings. The van der Waals surface area contributed by atoms with Gasteiger partial charge in [0.2, 0.25) is 5.91 Å². The highest BCUT2D eigenvalue weighted by molar-refractivity contribution is 5.83. The molecule has 2 rings (SSSR count). The molecule has 0 aliphatic heterocycles. The Labute approximate surface area is 92.3 Å². The Bertz CT molecular complexity index is 384. The molecule has 6 nitrogen and oxygen atoms in total. The van der Waals surface area contributed by atoms with Crippen molar-refractivity contribution in [3.05, 3.63) is 18.0 Å². The molecule has 1 aromatic rings. The van der Waals surface area contributed by atoms with Gasteiger partial charge in [-0.05, 0) is 18.9 Å². The lowest BCUT2D eigenvalue weighted by Crippen LogP contribution is -2.38. The smallest absolute Gasteiger partial charge is 0.323 e. The van der Waals surface area contributed by atoms with Gasteiger partial charge >= 0.3 is 5.97 Å². The normalized spacial score (nSPS) is 14.8. The van der Waals surface area contributed by atoms with Gasteiger partial charge in [0.25, 0.3) is 0 Å². The van der Waals surface area contributed by atoms with Gasteiger partial charge in [-0.1, -0.05) is 0 Å². The van der Waals surface area contributed by atoms with Gasteiger partial charge in [-0.25, -0.2) is 0 Å². The second-order valence-electron chi connectivity index (χ2n) is 3.91. The summed E-state index contributed by atoms with van der Waals surface area (Å²) in [6, 6.07) is 1.83. The minimum absolute atomic E-state index is 0.117. The molecule has 1 heterocycles. The van der Waals surface area contributed by atoms with Crippen LogP contribution in [0.2, 0.25) is 0 Å². The van der Waals surface area contributed by atoms with Crippen molar-refractivity contribution in [3.63, 3.8) is 0 Å². The summed E-state index contributed by atoms with van der Waals surface area (Å²) in [6.45, 7) is -0.211. The number of nitrogens with one attached hydrogen (secondary N) is 1. The summed E-state index contributed by atoms with van der Waals surface area (Å²) in [5.41, 5.74) is 0.709. The maximum Gasteiger partial charge on any atom is 0.323 e. The van der Waals surface area contributed by atoms with Crippen molar-refractivity contribution in [1.82, 2.24) is 15.1 Å². The van der Waals surface area contributed by atoms with Gasteiger partial charge in [0.05, 0.1) is 6.42 Å². The van der Waals surface area contributed by atoms with Crippen LogP contribution in [0.25, 0.3) is 0 Å². The van der Waals surface area contributed by atoms with Crippen molar-refractivity contribution >= 4 is 11.9 Å². The van der Waals surface area contributed by atoms with Gasteiger partial charge in [0, 0.05) is 17.9 Å². The predicted molar refractivity (Wildman–Crippen MR) is 54.7 cm³/mol. The van der Waals surface area contributed by atoms with Gasteiger partial charge in [-0.3, -0.25) is 14.7 Å². The summed E-state index contributed by atoms with van der Waals surface area (Å²) in [4.78, 5) is 23.9. The van der Waals surface area contributed by atoms with E-state index >= 15 is 0 Å². The van der Waals surface area contributed by atoms with Crippen LogP contribution in [0.4, 0.5) is 0 Å². The molecule has 6 heteroatoms. The fraction of sp³-hybridized carbons (Fsp3) is 0.500. The van der Waals surface area contributed by atoms with E-state index in [1.165, 1.54) is 4.90 Å². The maximum absolute atomic E-state index is 11.8. The number of nitrogens with zero attached hydrogens (tertiary/aromatic N) is 2. The van der Waals surface area contributed by atoms with Crippen LogP contribution in [0.15, 0.2) is 12.3 Å². The number of amides is 1. The fourth-order valence-electron chi connectivity index (χ4n) is 1.60. The molecule has 1 aliphatic rings. The summed E-state index contributed by atoms with van der Waals surface area (Å²) in [6.07, 6.45) is 3.56. The maximum atomic E-state index is 11.8. The van der Waals surface area contributed by atoms with Crippen molar-refractivity contribution in [2.75, 3.05) is 6.54 Å². The summed E-state index contributed by atoms with van der Waals surface area (Å²) >= 11 is 0. The molecule has 1 saturated carbocycles. The van der Waals surface area contributed by atoms with Crippen LogP contribution < -0.4 is 0 Å². The zero-order valence-electron chi connectivity index (χ0n) is 8.72. The number of hydrogen-bond donors (Lipinski definition) is 2.